The normalized spacial score (nSPS) is 10.8. The van der Waals surface area contributed by atoms with Crippen LogP contribution < -0.4 is 0 Å². The summed E-state index contributed by atoms with van der Waals surface area (Å²) in [5, 5.41) is 13.6. The molecule has 13 heteroatoms. The van der Waals surface area contributed by atoms with E-state index in [-0.39, 0.29) is 21.8 Å². The van der Waals surface area contributed by atoms with Crippen molar-refractivity contribution in [1.82, 2.24) is 14.8 Å². The maximum absolute atomic E-state index is 14.0. The van der Waals surface area contributed by atoms with Crippen LogP contribution in [0.4, 0.5) is 30.7 Å². The number of nitrogens with zero attached hydrogens (tertiary/aromatic N) is 3. The van der Waals surface area contributed by atoms with Gasteiger partial charge in [-0.3, -0.25) is 4.79 Å². The summed E-state index contributed by atoms with van der Waals surface area (Å²) < 4.78 is 94.2. The average molecular weight is 469 g/mol. The number of pyridine rings is 1. The van der Waals surface area contributed by atoms with Gasteiger partial charge < -0.3 is 5.11 Å². The number of hydrogen-bond donors (Lipinski definition) is 1. The molecule has 157 valence electrons. The largest absolute Gasteiger partial charge is 0.493 e. The van der Waals surface area contributed by atoms with Gasteiger partial charge in [0.15, 0.2) is 23.3 Å². The van der Waals surface area contributed by atoms with Gasteiger partial charge in [-0.05, 0) is 6.92 Å². The van der Waals surface area contributed by atoms with Gasteiger partial charge in [-0.2, -0.15) is 23.5 Å². The number of aromatic nitrogens is 3. The first kappa shape index (κ1) is 22.4. The van der Waals surface area contributed by atoms with Crippen LogP contribution in [-0.2, 0) is 17.1 Å². The zero-order chi connectivity index (χ0) is 20.9. The zero-order valence-electron chi connectivity index (χ0n) is 13.8. The van der Waals surface area contributed by atoms with Crippen LogP contribution in [0.15, 0.2) is 12.1 Å². The molecule has 0 aliphatic heterocycles. The van der Waals surface area contributed by atoms with Crippen LogP contribution >= 0.6 is 0 Å². The van der Waals surface area contributed by atoms with E-state index in [4.69, 9.17) is 0 Å². The third kappa shape index (κ3) is 3.58. The average Bonchev–Trinajstić information content (AvgIpc) is 2.91. The molecule has 3 aromatic rings. The maximum atomic E-state index is 14.0. The minimum Gasteiger partial charge on any atom is -0.493 e. The molecule has 0 unspecified atom stereocenters. The van der Waals surface area contributed by atoms with Crippen LogP contribution in [0.2, 0.25) is 0 Å². The van der Waals surface area contributed by atoms with Gasteiger partial charge in [0.25, 0.3) is 0 Å². The second kappa shape index (κ2) is 7.84. The van der Waals surface area contributed by atoms with Crippen LogP contribution in [0.5, 0.6) is 5.88 Å². The van der Waals surface area contributed by atoms with E-state index in [1.165, 1.54) is 0 Å². The molecule has 2 heterocycles. The van der Waals surface area contributed by atoms with E-state index < -0.39 is 75.2 Å². The van der Waals surface area contributed by atoms with Gasteiger partial charge in [0, 0.05) is 34.8 Å². The third-order valence-corrected chi connectivity index (χ3v) is 3.69. The number of benzene rings is 1. The number of aryl methyl sites for hydroxylation is 1. The SMILES string of the molecule is Cc1nn(-c2c(F)c(F)c(F)c(F)c2F)c(O)c1C(=O)c1cc(F)nc(F)c1.[Cu]. The van der Waals surface area contributed by atoms with E-state index in [2.05, 4.69) is 10.1 Å². The van der Waals surface area contributed by atoms with Crippen LogP contribution in [0.25, 0.3) is 5.69 Å². The zero-order valence-corrected chi connectivity index (χ0v) is 14.7. The van der Waals surface area contributed by atoms with Gasteiger partial charge in [0.2, 0.25) is 29.4 Å². The molecule has 0 amide bonds. The van der Waals surface area contributed by atoms with Gasteiger partial charge >= 0.3 is 0 Å². The summed E-state index contributed by atoms with van der Waals surface area (Å²) in [6.45, 7) is 1.06. The summed E-state index contributed by atoms with van der Waals surface area (Å²) in [7, 11) is 0. The third-order valence-electron chi connectivity index (χ3n) is 3.69. The van der Waals surface area contributed by atoms with Crippen LogP contribution in [0.3, 0.4) is 0 Å². The number of carbonyl (C=O) groups excluding carboxylic acids is 1. The first-order valence-corrected chi connectivity index (χ1v) is 7.22. The summed E-state index contributed by atoms with van der Waals surface area (Å²) in [6.07, 6.45) is 0. The fourth-order valence-corrected chi connectivity index (χ4v) is 2.46. The summed E-state index contributed by atoms with van der Waals surface area (Å²) in [6, 6.07) is 1.03. The second-order valence-electron chi connectivity index (χ2n) is 5.44. The summed E-state index contributed by atoms with van der Waals surface area (Å²) in [5.74, 6) is -16.9. The molecule has 0 aliphatic carbocycles. The molecule has 0 atom stereocenters. The topological polar surface area (TPSA) is 68.0 Å². The van der Waals surface area contributed by atoms with Gasteiger partial charge in [0.1, 0.15) is 11.3 Å². The first-order valence-electron chi connectivity index (χ1n) is 7.22. The molecular formula is C16H6CuF7N3O2. The Labute approximate surface area is 167 Å². The van der Waals surface area contributed by atoms with Crippen molar-refractivity contribution < 1.29 is 57.7 Å². The second-order valence-corrected chi connectivity index (χ2v) is 5.44. The Morgan fingerprint density at radius 2 is 1.34 bits per heavy atom. The number of rotatable bonds is 3. The van der Waals surface area contributed by atoms with Gasteiger partial charge in [0.05, 0.1) is 5.69 Å². The van der Waals surface area contributed by atoms with Gasteiger partial charge in [-0.1, -0.05) is 0 Å². The fourth-order valence-electron chi connectivity index (χ4n) is 2.46. The molecule has 0 saturated heterocycles. The number of ketones is 1. The number of carbonyl (C=O) groups is 1. The number of aromatic hydroxyl groups is 1. The summed E-state index contributed by atoms with van der Waals surface area (Å²) >= 11 is 0. The first-order chi connectivity index (χ1) is 13.0. The monoisotopic (exact) mass is 468 g/mol. The molecular weight excluding hydrogens is 463 g/mol. The van der Waals surface area contributed by atoms with Crippen molar-refractivity contribution in [2.45, 2.75) is 6.92 Å². The Bertz CT molecular complexity index is 1100. The molecule has 29 heavy (non-hydrogen) atoms. The minimum absolute atomic E-state index is 0. The maximum Gasteiger partial charge on any atom is 0.226 e. The van der Waals surface area contributed by atoms with Crippen LogP contribution in [-0.4, -0.2) is 25.7 Å². The standard InChI is InChI=1S/C16H6F7N3O2.Cu/c1-4-8(15(27)5-2-6(17)24-7(18)3-5)16(28)26(25-4)14-12(22)10(20)9(19)11(21)13(14)23;/h2-3,28H,1H3;. The Balaban J connectivity index is 0.00000300. The van der Waals surface area contributed by atoms with Crippen molar-refractivity contribution >= 4 is 5.78 Å². The Morgan fingerprint density at radius 1 is 0.897 bits per heavy atom. The van der Waals surface area contributed by atoms with Gasteiger partial charge in [-0.25, -0.2) is 22.0 Å². The van der Waals surface area contributed by atoms with Crippen molar-refractivity contribution in [2.75, 3.05) is 0 Å². The van der Waals surface area contributed by atoms with Crippen LogP contribution in [0, 0.1) is 47.9 Å². The van der Waals surface area contributed by atoms with E-state index in [1.54, 1.807) is 0 Å². The van der Waals surface area contributed by atoms with Crippen molar-refractivity contribution in [3.8, 4) is 11.6 Å². The minimum atomic E-state index is -2.43. The summed E-state index contributed by atoms with van der Waals surface area (Å²) in [5.41, 5.74) is -3.46. The van der Waals surface area contributed by atoms with E-state index in [0.717, 1.165) is 6.92 Å². The Kier molecular flexibility index (Phi) is 6.04. The molecule has 1 aromatic carbocycles. The van der Waals surface area contributed by atoms with Crippen molar-refractivity contribution in [3.05, 3.63) is 69.9 Å². The quantitative estimate of drug-likeness (QED) is 0.160. The van der Waals surface area contributed by atoms with E-state index in [0.29, 0.717) is 12.1 Å². The molecule has 3 rings (SSSR count). The summed E-state index contributed by atoms with van der Waals surface area (Å²) in [4.78, 5) is 15.2. The predicted octanol–water partition coefficient (Wildman–Crippen LogP) is 3.48. The number of halogens is 7. The molecule has 0 saturated carbocycles. The van der Waals surface area contributed by atoms with E-state index >= 15 is 0 Å². The number of hydrogen-bond acceptors (Lipinski definition) is 4. The molecule has 0 fully saturated rings. The Morgan fingerprint density at radius 3 is 1.83 bits per heavy atom. The predicted molar refractivity (Wildman–Crippen MR) is 77.3 cm³/mol. The van der Waals surface area contributed by atoms with E-state index in [1.807, 2.05) is 0 Å². The molecule has 5 nitrogen and oxygen atoms in total. The van der Waals surface area contributed by atoms with Crippen molar-refractivity contribution in [1.29, 1.82) is 0 Å². The van der Waals surface area contributed by atoms with Crippen molar-refractivity contribution in [2.24, 2.45) is 0 Å². The molecule has 0 spiro atoms. The van der Waals surface area contributed by atoms with E-state index in [9.17, 15) is 40.6 Å². The molecule has 1 radical (unpaired) electrons. The fraction of sp³-hybridized carbons (Fsp3) is 0.0625. The smallest absolute Gasteiger partial charge is 0.226 e. The Hall–Kier alpha value is -2.92. The molecule has 0 aliphatic rings. The molecule has 2 aromatic heterocycles. The van der Waals surface area contributed by atoms with Crippen molar-refractivity contribution in [3.63, 3.8) is 0 Å². The van der Waals surface area contributed by atoms with Crippen LogP contribution in [0.1, 0.15) is 21.6 Å². The molecule has 1 N–H and O–H groups in total. The van der Waals surface area contributed by atoms with Gasteiger partial charge in [-0.15, -0.1) is 0 Å². The molecule has 0 bridgehead atoms.